The van der Waals surface area contributed by atoms with Crippen molar-refractivity contribution in [2.75, 3.05) is 0 Å². The Morgan fingerprint density at radius 3 is 3.00 bits per heavy atom. The minimum atomic E-state index is -0.766. The van der Waals surface area contributed by atoms with Crippen LogP contribution in [0.4, 0.5) is 0 Å². The van der Waals surface area contributed by atoms with E-state index < -0.39 is 5.91 Å². The van der Waals surface area contributed by atoms with E-state index in [-0.39, 0.29) is 11.2 Å². The fourth-order valence-corrected chi connectivity index (χ4v) is 1.59. The van der Waals surface area contributed by atoms with Crippen LogP contribution >= 0.6 is 0 Å². The average Bonchev–Trinajstić information content (AvgIpc) is 2.30. The third-order valence-corrected chi connectivity index (χ3v) is 2.36. The molecule has 0 fully saturated rings. The second kappa shape index (κ2) is 4.25. The summed E-state index contributed by atoms with van der Waals surface area (Å²) >= 11 is 0. The molecule has 0 bridgehead atoms. The molecule has 0 saturated heterocycles. The van der Waals surface area contributed by atoms with E-state index in [1.54, 1.807) is 18.2 Å². The number of nitrogens with two attached hydrogens (primary N) is 1. The topological polar surface area (TPSA) is 73.3 Å². The van der Waals surface area contributed by atoms with E-state index in [0.717, 1.165) is 6.07 Å². The molecule has 1 heterocycles. The largest absolute Gasteiger partial charge is 0.450 e. The van der Waals surface area contributed by atoms with Gasteiger partial charge in [0.15, 0.2) is 11.2 Å². The predicted molar refractivity (Wildman–Crippen MR) is 63.7 cm³/mol. The van der Waals surface area contributed by atoms with Crippen LogP contribution in [0.1, 0.15) is 16.1 Å². The first-order valence-electron chi connectivity index (χ1n) is 5.01. The number of carbonyl (C=O) groups is 1. The lowest BCUT2D eigenvalue weighted by atomic mass is 10.1. The van der Waals surface area contributed by atoms with Crippen molar-refractivity contribution in [3.05, 3.63) is 58.5 Å². The fourth-order valence-electron chi connectivity index (χ4n) is 1.59. The van der Waals surface area contributed by atoms with Gasteiger partial charge in [-0.1, -0.05) is 12.1 Å². The van der Waals surface area contributed by atoms with Gasteiger partial charge in [-0.3, -0.25) is 9.59 Å². The minimum absolute atomic E-state index is 0.146. The van der Waals surface area contributed by atoms with E-state index in [1.807, 2.05) is 0 Å². The molecule has 1 aromatic carbocycles. The van der Waals surface area contributed by atoms with Crippen LogP contribution in [0.3, 0.4) is 0 Å². The molecule has 0 aliphatic heterocycles. The molecule has 17 heavy (non-hydrogen) atoms. The first-order valence-corrected chi connectivity index (χ1v) is 5.01. The Kier molecular flexibility index (Phi) is 2.78. The highest BCUT2D eigenvalue weighted by Crippen LogP contribution is 2.17. The summed E-state index contributed by atoms with van der Waals surface area (Å²) in [6.45, 7) is 3.61. The summed E-state index contributed by atoms with van der Waals surface area (Å²) in [5.41, 5.74) is 5.82. The molecule has 0 spiro atoms. The second-order valence-corrected chi connectivity index (χ2v) is 3.53. The molecule has 2 rings (SSSR count). The lowest BCUT2D eigenvalue weighted by molar-refractivity contribution is 0.0974. The Hall–Kier alpha value is -2.36. The van der Waals surface area contributed by atoms with E-state index in [4.69, 9.17) is 10.2 Å². The molecule has 0 unspecified atom stereocenters. The molecule has 2 aromatic rings. The van der Waals surface area contributed by atoms with E-state index in [1.165, 1.54) is 0 Å². The zero-order chi connectivity index (χ0) is 12.4. The molecule has 0 saturated carbocycles. The van der Waals surface area contributed by atoms with Gasteiger partial charge in [0.2, 0.25) is 0 Å². The summed E-state index contributed by atoms with van der Waals surface area (Å²) in [5.74, 6) is -0.912. The summed E-state index contributed by atoms with van der Waals surface area (Å²) in [5, 5.41) is 0.408. The van der Waals surface area contributed by atoms with Crippen LogP contribution < -0.4 is 11.2 Å². The van der Waals surface area contributed by atoms with Crippen molar-refractivity contribution in [1.82, 2.24) is 0 Å². The standard InChI is InChI=1S/C13H10NO3/c1-2-4-8-5-3-6-9-10(15)7-11(13(14)16)17-12(8)9/h2-3,6-7H,1,4H2,(H2,14,16). The van der Waals surface area contributed by atoms with Gasteiger partial charge < -0.3 is 10.2 Å². The fraction of sp³-hybridized carbons (Fsp3) is 0.0769. The van der Waals surface area contributed by atoms with Gasteiger partial charge in [-0.25, -0.2) is 0 Å². The van der Waals surface area contributed by atoms with Gasteiger partial charge in [0.1, 0.15) is 5.58 Å². The number of allylic oxidation sites excluding steroid dienone is 1. The summed E-state index contributed by atoms with van der Waals surface area (Å²) in [7, 11) is 0. The van der Waals surface area contributed by atoms with Crippen LogP contribution in [-0.4, -0.2) is 5.91 Å². The predicted octanol–water partition coefficient (Wildman–Crippen LogP) is 1.42. The van der Waals surface area contributed by atoms with Crippen molar-refractivity contribution in [3.8, 4) is 0 Å². The SMILES string of the molecule is C=CCc1[c]ccc2c(=O)cc(C(N)=O)oc12. The molecule has 1 radical (unpaired) electrons. The molecule has 4 nitrogen and oxygen atoms in total. The zero-order valence-corrected chi connectivity index (χ0v) is 9.03. The Bertz CT molecular complexity index is 655. The van der Waals surface area contributed by atoms with E-state index in [2.05, 4.69) is 12.6 Å². The van der Waals surface area contributed by atoms with Crippen LogP contribution in [0.15, 0.2) is 40.1 Å². The molecular weight excluding hydrogens is 218 g/mol. The zero-order valence-electron chi connectivity index (χ0n) is 9.03. The molecule has 0 aliphatic carbocycles. The number of hydrogen-bond acceptors (Lipinski definition) is 3. The number of amides is 1. The number of hydrogen-bond donors (Lipinski definition) is 1. The number of carbonyl (C=O) groups excluding carboxylic acids is 1. The van der Waals surface area contributed by atoms with Gasteiger partial charge in [-0.15, -0.1) is 6.58 Å². The van der Waals surface area contributed by atoms with Crippen molar-refractivity contribution < 1.29 is 9.21 Å². The van der Waals surface area contributed by atoms with Crippen molar-refractivity contribution >= 4 is 16.9 Å². The minimum Gasteiger partial charge on any atom is -0.450 e. The van der Waals surface area contributed by atoms with Crippen molar-refractivity contribution in [2.24, 2.45) is 5.73 Å². The first-order chi connectivity index (χ1) is 8.13. The Morgan fingerprint density at radius 1 is 1.59 bits per heavy atom. The Morgan fingerprint density at radius 2 is 2.35 bits per heavy atom. The summed E-state index contributed by atoms with van der Waals surface area (Å²) in [6.07, 6.45) is 2.17. The van der Waals surface area contributed by atoms with Crippen LogP contribution in [0, 0.1) is 6.07 Å². The van der Waals surface area contributed by atoms with Gasteiger partial charge in [0, 0.05) is 11.6 Å². The maximum atomic E-state index is 11.8. The van der Waals surface area contributed by atoms with Gasteiger partial charge in [0.05, 0.1) is 5.39 Å². The van der Waals surface area contributed by atoms with Crippen molar-refractivity contribution in [3.63, 3.8) is 0 Å². The summed E-state index contributed by atoms with van der Waals surface area (Å²) in [4.78, 5) is 22.8. The highest BCUT2D eigenvalue weighted by Gasteiger charge is 2.11. The molecule has 0 atom stereocenters. The lowest BCUT2D eigenvalue weighted by Crippen LogP contribution is -2.14. The van der Waals surface area contributed by atoms with Gasteiger partial charge in [-0.2, -0.15) is 0 Å². The molecule has 1 aromatic heterocycles. The second-order valence-electron chi connectivity index (χ2n) is 3.53. The molecule has 1 amide bonds. The highest BCUT2D eigenvalue weighted by molar-refractivity contribution is 5.92. The molecular formula is C13H10NO3. The van der Waals surface area contributed by atoms with Gasteiger partial charge in [0.25, 0.3) is 5.91 Å². The molecule has 0 aliphatic rings. The Balaban J connectivity index is 2.82. The average molecular weight is 228 g/mol. The third-order valence-electron chi connectivity index (χ3n) is 2.36. The van der Waals surface area contributed by atoms with Crippen molar-refractivity contribution in [1.29, 1.82) is 0 Å². The van der Waals surface area contributed by atoms with Crippen molar-refractivity contribution in [2.45, 2.75) is 6.42 Å². The monoisotopic (exact) mass is 228 g/mol. The van der Waals surface area contributed by atoms with Gasteiger partial charge in [-0.05, 0) is 18.6 Å². The molecule has 2 N–H and O–H groups in total. The van der Waals surface area contributed by atoms with Crippen LogP contribution in [-0.2, 0) is 6.42 Å². The Labute approximate surface area is 97.4 Å². The number of fused-ring (bicyclic) bond motifs is 1. The highest BCUT2D eigenvalue weighted by atomic mass is 16.3. The normalized spacial score (nSPS) is 10.4. The van der Waals surface area contributed by atoms with E-state index >= 15 is 0 Å². The smallest absolute Gasteiger partial charge is 0.284 e. The summed E-state index contributed by atoms with van der Waals surface area (Å²) < 4.78 is 5.33. The van der Waals surface area contributed by atoms with E-state index in [9.17, 15) is 9.59 Å². The van der Waals surface area contributed by atoms with Gasteiger partial charge >= 0.3 is 0 Å². The van der Waals surface area contributed by atoms with Crippen LogP contribution in [0.25, 0.3) is 11.0 Å². The quantitative estimate of drug-likeness (QED) is 0.807. The third kappa shape index (κ3) is 1.97. The number of benzene rings is 1. The molecule has 85 valence electrons. The first kappa shape index (κ1) is 11.1. The maximum Gasteiger partial charge on any atom is 0.284 e. The number of primary amides is 1. The van der Waals surface area contributed by atoms with Crippen LogP contribution in [0.5, 0.6) is 0 Å². The molecule has 4 heteroatoms. The van der Waals surface area contributed by atoms with E-state index in [0.29, 0.717) is 23.0 Å². The number of rotatable bonds is 3. The summed E-state index contributed by atoms with van der Waals surface area (Å²) in [6, 6.07) is 7.29. The lowest BCUT2D eigenvalue weighted by Gasteiger charge is -2.03. The maximum absolute atomic E-state index is 11.8. The van der Waals surface area contributed by atoms with Crippen LogP contribution in [0.2, 0.25) is 0 Å².